The minimum absolute atomic E-state index is 0.0568. The number of hydrogen-bond donors (Lipinski definition) is 2. The SMILES string of the molecule is NCC1(c2cc(F)cc(-c3ccnc4[nH]nc(C5CC5)c34)c2)CCC1. The van der Waals surface area contributed by atoms with Crippen LogP contribution < -0.4 is 5.73 Å². The molecule has 128 valence electrons. The van der Waals surface area contributed by atoms with Crippen molar-refractivity contribution in [1.82, 2.24) is 15.2 Å². The number of pyridine rings is 1. The number of nitrogens with zero attached hydrogens (tertiary/aromatic N) is 2. The van der Waals surface area contributed by atoms with E-state index >= 15 is 0 Å². The fourth-order valence-electron chi connectivity index (χ4n) is 4.13. The third-order valence-electron chi connectivity index (χ3n) is 5.98. The van der Waals surface area contributed by atoms with Gasteiger partial charge in [-0.25, -0.2) is 9.37 Å². The van der Waals surface area contributed by atoms with Crippen LogP contribution in [0.2, 0.25) is 0 Å². The molecule has 2 aromatic heterocycles. The molecular weight excluding hydrogens is 315 g/mol. The minimum Gasteiger partial charge on any atom is -0.330 e. The summed E-state index contributed by atoms with van der Waals surface area (Å²) in [6.07, 6.45) is 7.33. The lowest BCUT2D eigenvalue weighted by molar-refractivity contribution is 0.252. The molecule has 5 rings (SSSR count). The molecule has 0 atom stereocenters. The lowest BCUT2D eigenvalue weighted by atomic mass is 9.64. The molecule has 3 N–H and O–H groups in total. The smallest absolute Gasteiger partial charge is 0.155 e. The Labute approximate surface area is 145 Å². The van der Waals surface area contributed by atoms with Gasteiger partial charge in [-0.1, -0.05) is 12.5 Å². The number of H-pyrrole nitrogens is 1. The summed E-state index contributed by atoms with van der Waals surface area (Å²) in [6.45, 7) is 0.570. The van der Waals surface area contributed by atoms with Gasteiger partial charge in [0, 0.05) is 24.1 Å². The van der Waals surface area contributed by atoms with Gasteiger partial charge in [0.2, 0.25) is 0 Å². The maximum atomic E-state index is 14.5. The Morgan fingerprint density at radius 1 is 1.24 bits per heavy atom. The molecule has 0 unspecified atom stereocenters. The molecule has 2 saturated carbocycles. The van der Waals surface area contributed by atoms with Gasteiger partial charge >= 0.3 is 0 Å². The standard InChI is InChI=1S/C20H21FN4/c21-15-9-13(8-14(10-15)20(11-22)5-1-6-20)16-4-7-23-19-17(16)18(24-25-19)12-2-3-12/h4,7-10,12H,1-3,5-6,11,22H2,(H,23,24,25). The second kappa shape index (κ2) is 5.36. The number of rotatable bonds is 4. The van der Waals surface area contributed by atoms with Crippen LogP contribution in [0.15, 0.2) is 30.5 Å². The molecule has 1 aromatic carbocycles. The van der Waals surface area contributed by atoms with Crippen molar-refractivity contribution in [2.75, 3.05) is 6.54 Å². The van der Waals surface area contributed by atoms with Gasteiger partial charge < -0.3 is 5.73 Å². The molecule has 2 aliphatic rings. The van der Waals surface area contributed by atoms with Gasteiger partial charge in [0.05, 0.1) is 11.1 Å². The number of nitrogens with one attached hydrogen (secondary N) is 1. The first-order chi connectivity index (χ1) is 12.2. The van der Waals surface area contributed by atoms with Crippen LogP contribution in [-0.4, -0.2) is 21.7 Å². The summed E-state index contributed by atoms with van der Waals surface area (Å²) < 4.78 is 14.5. The molecule has 5 heteroatoms. The molecule has 0 radical (unpaired) electrons. The van der Waals surface area contributed by atoms with E-state index in [2.05, 4.69) is 21.2 Å². The Morgan fingerprint density at radius 3 is 2.76 bits per heavy atom. The Bertz CT molecular complexity index is 948. The molecule has 2 aliphatic carbocycles. The van der Waals surface area contributed by atoms with Crippen molar-refractivity contribution in [3.05, 3.63) is 47.5 Å². The zero-order valence-electron chi connectivity index (χ0n) is 14.1. The van der Waals surface area contributed by atoms with E-state index in [4.69, 9.17) is 5.73 Å². The van der Waals surface area contributed by atoms with Gasteiger partial charge in [0.15, 0.2) is 5.65 Å². The molecule has 2 fully saturated rings. The van der Waals surface area contributed by atoms with Crippen LogP contribution >= 0.6 is 0 Å². The monoisotopic (exact) mass is 336 g/mol. The molecule has 0 spiro atoms. The number of fused-ring (bicyclic) bond motifs is 1. The Balaban J connectivity index is 1.70. The number of halogens is 1. The fraction of sp³-hybridized carbons (Fsp3) is 0.400. The van der Waals surface area contributed by atoms with Crippen LogP contribution in [0.4, 0.5) is 4.39 Å². The summed E-state index contributed by atoms with van der Waals surface area (Å²) in [5.74, 6) is 0.306. The van der Waals surface area contributed by atoms with Crippen molar-refractivity contribution in [2.24, 2.45) is 5.73 Å². The van der Waals surface area contributed by atoms with Crippen LogP contribution in [0.3, 0.4) is 0 Å². The highest BCUT2D eigenvalue weighted by Crippen LogP contribution is 2.46. The van der Waals surface area contributed by atoms with Gasteiger partial charge in [-0.2, -0.15) is 5.10 Å². The second-order valence-corrected chi connectivity index (χ2v) is 7.53. The molecule has 3 aromatic rings. The Kier molecular flexibility index (Phi) is 3.22. The first-order valence-electron chi connectivity index (χ1n) is 9.05. The van der Waals surface area contributed by atoms with E-state index < -0.39 is 0 Å². The highest BCUT2D eigenvalue weighted by molar-refractivity contribution is 5.95. The van der Waals surface area contributed by atoms with Crippen LogP contribution in [0.5, 0.6) is 0 Å². The van der Waals surface area contributed by atoms with E-state index in [-0.39, 0.29) is 11.2 Å². The van der Waals surface area contributed by atoms with Gasteiger partial charge in [-0.05, 0) is 60.6 Å². The van der Waals surface area contributed by atoms with Crippen molar-refractivity contribution in [3.8, 4) is 11.1 Å². The third kappa shape index (κ3) is 2.29. The summed E-state index contributed by atoms with van der Waals surface area (Å²) in [5.41, 5.74) is 10.8. The van der Waals surface area contributed by atoms with Crippen LogP contribution in [0.1, 0.15) is 49.3 Å². The predicted octanol–water partition coefficient (Wildman–Crippen LogP) is 4.02. The first kappa shape index (κ1) is 15.0. The van der Waals surface area contributed by atoms with Crippen molar-refractivity contribution in [3.63, 3.8) is 0 Å². The van der Waals surface area contributed by atoms with E-state index in [1.165, 1.54) is 12.8 Å². The number of nitrogens with two attached hydrogens (primary N) is 1. The number of benzene rings is 1. The van der Waals surface area contributed by atoms with Gasteiger partial charge in [-0.3, -0.25) is 5.10 Å². The quantitative estimate of drug-likeness (QED) is 0.756. The van der Waals surface area contributed by atoms with Gasteiger partial charge in [-0.15, -0.1) is 0 Å². The van der Waals surface area contributed by atoms with E-state index in [0.29, 0.717) is 12.5 Å². The highest BCUT2D eigenvalue weighted by atomic mass is 19.1. The molecule has 0 aliphatic heterocycles. The zero-order valence-corrected chi connectivity index (χ0v) is 14.1. The first-order valence-corrected chi connectivity index (χ1v) is 9.05. The van der Waals surface area contributed by atoms with E-state index in [0.717, 1.165) is 52.7 Å². The molecule has 0 saturated heterocycles. The highest BCUT2D eigenvalue weighted by Gasteiger charge is 2.38. The molecule has 25 heavy (non-hydrogen) atoms. The van der Waals surface area contributed by atoms with Crippen LogP contribution in [0, 0.1) is 5.82 Å². The summed E-state index contributed by atoms with van der Waals surface area (Å²) in [4.78, 5) is 4.40. The number of aromatic nitrogens is 3. The van der Waals surface area contributed by atoms with Crippen LogP contribution in [0.25, 0.3) is 22.2 Å². The number of aromatic amines is 1. The predicted molar refractivity (Wildman–Crippen MR) is 95.8 cm³/mol. The second-order valence-electron chi connectivity index (χ2n) is 7.53. The average Bonchev–Trinajstić information content (AvgIpc) is 3.32. The summed E-state index contributed by atoms with van der Waals surface area (Å²) in [5, 5.41) is 8.56. The van der Waals surface area contributed by atoms with Crippen molar-refractivity contribution in [2.45, 2.75) is 43.4 Å². The molecular formula is C20H21FN4. The van der Waals surface area contributed by atoms with E-state index in [1.807, 2.05) is 6.07 Å². The van der Waals surface area contributed by atoms with E-state index in [1.54, 1.807) is 18.3 Å². The largest absolute Gasteiger partial charge is 0.330 e. The van der Waals surface area contributed by atoms with Crippen LogP contribution in [-0.2, 0) is 5.41 Å². The Hall–Kier alpha value is -2.27. The topological polar surface area (TPSA) is 67.6 Å². The molecule has 0 bridgehead atoms. The summed E-state index contributed by atoms with van der Waals surface area (Å²) in [6, 6.07) is 7.36. The van der Waals surface area contributed by atoms with Gasteiger partial charge in [0.1, 0.15) is 5.82 Å². The fourth-order valence-corrected chi connectivity index (χ4v) is 4.13. The maximum Gasteiger partial charge on any atom is 0.155 e. The summed E-state index contributed by atoms with van der Waals surface area (Å²) in [7, 11) is 0. The van der Waals surface area contributed by atoms with E-state index in [9.17, 15) is 4.39 Å². The molecule has 4 nitrogen and oxygen atoms in total. The molecule has 2 heterocycles. The normalized spacial score (nSPS) is 19.1. The average molecular weight is 336 g/mol. The lowest BCUT2D eigenvalue weighted by Crippen LogP contribution is -2.41. The van der Waals surface area contributed by atoms with Crippen molar-refractivity contribution >= 4 is 11.0 Å². The van der Waals surface area contributed by atoms with Crippen molar-refractivity contribution in [1.29, 1.82) is 0 Å². The number of hydrogen-bond acceptors (Lipinski definition) is 3. The maximum absolute atomic E-state index is 14.5. The zero-order chi connectivity index (χ0) is 17.0. The summed E-state index contributed by atoms with van der Waals surface area (Å²) >= 11 is 0. The third-order valence-corrected chi connectivity index (χ3v) is 5.98. The lowest BCUT2D eigenvalue weighted by Gasteiger charge is -2.41. The van der Waals surface area contributed by atoms with Gasteiger partial charge in [0.25, 0.3) is 0 Å². The Morgan fingerprint density at radius 2 is 2.08 bits per heavy atom. The minimum atomic E-state index is -0.200. The van der Waals surface area contributed by atoms with Crippen molar-refractivity contribution < 1.29 is 4.39 Å². The molecule has 0 amide bonds.